The number of hydrogen-bond donors (Lipinski definition) is 1. The molecule has 47 heavy (non-hydrogen) atoms. The van der Waals surface area contributed by atoms with Crippen LogP contribution in [-0.4, -0.2) is 101 Å². The number of amides is 2. The van der Waals surface area contributed by atoms with Gasteiger partial charge in [0, 0.05) is 45.4 Å². The standard InChI is InChI=1S/C35H50FN7O4/c1-5-43(24(2)3)32(44)28-20-26(36)6-7-29(28)47-31-30(37-23-38-40-31)42-17-10-25(22-42)21-41-18-15-34(16-19-41)11-8-27(9-12-34)39-33(45)35(46-4)13-14-35/h6-7,20,23-25,27H,5,8-19,21-22H2,1-4H3,(H,39,45)/t25-/m0/s1. The highest BCUT2D eigenvalue weighted by molar-refractivity contribution is 5.97. The van der Waals surface area contributed by atoms with Crippen molar-refractivity contribution in [2.24, 2.45) is 11.3 Å². The maximum atomic E-state index is 14.3. The van der Waals surface area contributed by atoms with Gasteiger partial charge in [-0.1, -0.05) is 0 Å². The number of carbonyl (C=O) groups excluding carboxylic acids is 2. The van der Waals surface area contributed by atoms with E-state index in [-0.39, 0.29) is 41.1 Å². The summed E-state index contributed by atoms with van der Waals surface area (Å²) in [4.78, 5) is 37.0. The summed E-state index contributed by atoms with van der Waals surface area (Å²) in [6.07, 6.45) is 11.0. The zero-order chi connectivity index (χ0) is 33.2. The van der Waals surface area contributed by atoms with Gasteiger partial charge in [-0.05, 0) is 121 Å². The average molecular weight is 652 g/mol. The van der Waals surface area contributed by atoms with Gasteiger partial charge >= 0.3 is 0 Å². The lowest BCUT2D eigenvalue weighted by molar-refractivity contribution is -0.134. The first kappa shape index (κ1) is 33.5. The molecule has 1 aromatic heterocycles. The molecule has 256 valence electrons. The third-order valence-corrected chi connectivity index (χ3v) is 11.1. The van der Waals surface area contributed by atoms with Crippen LogP contribution in [0.15, 0.2) is 24.5 Å². The third kappa shape index (κ3) is 7.38. The fourth-order valence-electron chi connectivity index (χ4n) is 7.88. The Bertz CT molecular complexity index is 1420. The maximum absolute atomic E-state index is 14.3. The molecule has 0 bridgehead atoms. The van der Waals surface area contributed by atoms with Gasteiger partial charge in [0.05, 0.1) is 5.56 Å². The second-order valence-corrected chi connectivity index (χ2v) is 14.4. The van der Waals surface area contributed by atoms with Gasteiger partial charge in [-0.3, -0.25) is 9.59 Å². The Kier molecular flexibility index (Phi) is 9.98. The molecule has 2 saturated heterocycles. The number of likely N-dealkylation sites (tertiary alicyclic amines) is 1. The van der Waals surface area contributed by atoms with E-state index in [1.165, 1.54) is 50.2 Å². The number of halogens is 1. The Hall–Kier alpha value is -3.38. The number of nitrogens with zero attached hydrogens (tertiary/aromatic N) is 6. The maximum Gasteiger partial charge on any atom is 0.282 e. The fraction of sp³-hybridized carbons (Fsp3) is 0.686. The van der Waals surface area contributed by atoms with Gasteiger partial charge in [-0.2, -0.15) is 0 Å². The van der Waals surface area contributed by atoms with E-state index in [4.69, 9.17) is 9.47 Å². The van der Waals surface area contributed by atoms with Crippen molar-refractivity contribution in [3.8, 4) is 11.6 Å². The zero-order valence-corrected chi connectivity index (χ0v) is 28.3. The molecule has 2 aliphatic heterocycles. The molecule has 0 unspecified atom stereocenters. The molecule has 12 heteroatoms. The fourth-order valence-corrected chi connectivity index (χ4v) is 7.88. The van der Waals surface area contributed by atoms with Crippen LogP contribution in [0.2, 0.25) is 0 Å². The van der Waals surface area contributed by atoms with E-state index in [2.05, 4.69) is 30.3 Å². The smallest absolute Gasteiger partial charge is 0.282 e. The molecular weight excluding hydrogens is 601 g/mol. The highest BCUT2D eigenvalue weighted by Crippen LogP contribution is 2.46. The number of hydrogen-bond acceptors (Lipinski definition) is 9. The number of nitrogens with one attached hydrogen (secondary N) is 1. The Balaban J connectivity index is 1.02. The Labute approximate surface area is 277 Å². The van der Waals surface area contributed by atoms with Crippen molar-refractivity contribution in [1.29, 1.82) is 0 Å². The van der Waals surface area contributed by atoms with Crippen molar-refractivity contribution in [3.05, 3.63) is 35.9 Å². The van der Waals surface area contributed by atoms with Crippen LogP contribution in [-0.2, 0) is 9.53 Å². The van der Waals surface area contributed by atoms with E-state index >= 15 is 0 Å². The van der Waals surface area contributed by atoms with Crippen molar-refractivity contribution in [1.82, 2.24) is 30.3 Å². The average Bonchev–Trinajstić information content (AvgIpc) is 3.75. The minimum atomic E-state index is -0.550. The first-order valence-electron chi connectivity index (χ1n) is 17.4. The van der Waals surface area contributed by atoms with E-state index in [0.29, 0.717) is 23.7 Å². The first-order chi connectivity index (χ1) is 22.6. The number of methoxy groups -OCH3 is 1. The van der Waals surface area contributed by atoms with E-state index in [1.54, 1.807) is 12.0 Å². The second kappa shape index (κ2) is 14.0. The monoisotopic (exact) mass is 651 g/mol. The van der Waals surface area contributed by atoms with E-state index in [0.717, 1.165) is 64.8 Å². The number of carbonyl (C=O) groups is 2. The molecule has 0 radical (unpaired) electrons. The number of anilines is 1. The van der Waals surface area contributed by atoms with Crippen LogP contribution in [0.4, 0.5) is 10.2 Å². The number of piperidine rings is 1. The molecule has 1 aromatic carbocycles. The lowest BCUT2D eigenvalue weighted by atomic mass is 9.67. The largest absolute Gasteiger partial charge is 0.434 e. The lowest BCUT2D eigenvalue weighted by Gasteiger charge is -2.46. The van der Waals surface area contributed by atoms with Crippen molar-refractivity contribution in [3.63, 3.8) is 0 Å². The summed E-state index contributed by atoms with van der Waals surface area (Å²) in [6, 6.07) is 4.20. The molecule has 11 nitrogen and oxygen atoms in total. The summed E-state index contributed by atoms with van der Waals surface area (Å²) in [6.45, 7) is 11.2. The number of rotatable bonds is 11. The minimum absolute atomic E-state index is 0.0466. The van der Waals surface area contributed by atoms with Crippen molar-refractivity contribution >= 4 is 17.6 Å². The minimum Gasteiger partial charge on any atom is -0.434 e. The van der Waals surface area contributed by atoms with E-state index in [1.807, 2.05) is 20.8 Å². The van der Waals surface area contributed by atoms with Gasteiger partial charge in [0.15, 0.2) is 5.82 Å². The molecule has 2 amide bonds. The van der Waals surface area contributed by atoms with Crippen molar-refractivity contribution in [2.45, 2.75) is 96.2 Å². The van der Waals surface area contributed by atoms with Crippen molar-refractivity contribution in [2.75, 3.05) is 51.3 Å². The molecule has 3 heterocycles. The SMILES string of the molecule is CCN(C(=O)c1cc(F)ccc1Oc1nncnc1N1CC[C@@H](CN2CCC3(CCC(NC(=O)C4(OC)CC4)CC3)CC2)C1)C(C)C. The molecule has 4 aliphatic rings. The molecule has 1 atom stereocenters. The van der Waals surface area contributed by atoms with E-state index < -0.39 is 11.4 Å². The summed E-state index contributed by atoms with van der Waals surface area (Å²) >= 11 is 0. The Morgan fingerprint density at radius 1 is 1.09 bits per heavy atom. The molecule has 1 spiro atoms. The van der Waals surface area contributed by atoms with Crippen molar-refractivity contribution < 1.29 is 23.5 Å². The van der Waals surface area contributed by atoms with Crippen LogP contribution in [0.3, 0.4) is 0 Å². The van der Waals surface area contributed by atoms with Crippen LogP contribution in [0, 0.1) is 17.2 Å². The van der Waals surface area contributed by atoms with Crippen LogP contribution in [0.25, 0.3) is 0 Å². The summed E-state index contributed by atoms with van der Waals surface area (Å²) in [5.41, 5.74) is 0.00185. The molecule has 1 N–H and O–H groups in total. The number of aromatic nitrogens is 3. The Morgan fingerprint density at radius 3 is 2.49 bits per heavy atom. The predicted octanol–water partition coefficient (Wildman–Crippen LogP) is 4.82. The quantitative estimate of drug-likeness (QED) is 0.366. The lowest BCUT2D eigenvalue weighted by Crippen LogP contribution is -2.48. The summed E-state index contributed by atoms with van der Waals surface area (Å²) in [5, 5.41) is 11.5. The highest BCUT2D eigenvalue weighted by Gasteiger charge is 2.51. The highest BCUT2D eigenvalue weighted by atomic mass is 19.1. The normalized spacial score (nSPS) is 22.4. The van der Waals surface area contributed by atoms with Crippen LogP contribution in [0.1, 0.15) is 88.9 Å². The molecule has 2 aromatic rings. The van der Waals surface area contributed by atoms with Gasteiger partial charge in [-0.25, -0.2) is 9.37 Å². The molecule has 4 fully saturated rings. The molecule has 2 saturated carbocycles. The second-order valence-electron chi connectivity index (χ2n) is 14.4. The number of ether oxygens (including phenoxy) is 2. The zero-order valence-electron chi connectivity index (χ0n) is 28.3. The van der Waals surface area contributed by atoms with Gasteiger partial charge in [-0.15, -0.1) is 10.2 Å². The predicted molar refractivity (Wildman–Crippen MR) is 176 cm³/mol. The van der Waals surface area contributed by atoms with Crippen LogP contribution < -0.4 is 15.0 Å². The van der Waals surface area contributed by atoms with Gasteiger partial charge in [0.2, 0.25) is 0 Å². The topological polar surface area (TPSA) is 113 Å². The summed E-state index contributed by atoms with van der Waals surface area (Å²) in [5.74, 6) is 0.792. The summed E-state index contributed by atoms with van der Waals surface area (Å²) in [7, 11) is 1.64. The van der Waals surface area contributed by atoms with E-state index in [9.17, 15) is 14.0 Å². The molecule has 2 aliphatic carbocycles. The molecule has 6 rings (SSSR count). The van der Waals surface area contributed by atoms with Crippen LogP contribution >= 0.6 is 0 Å². The van der Waals surface area contributed by atoms with Gasteiger partial charge in [0.25, 0.3) is 17.7 Å². The van der Waals surface area contributed by atoms with Gasteiger partial charge in [0.1, 0.15) is 23.5 Å². The molecular formula is C35H50FN7O4. The first-order valence-corrected chi connectivity index (χ1v) is 17.4. The number of benzene rings is 1. The van der Waals surface area contributed by atoms with Crippen LogP contribution in [0.5, 0.6) is 11.6 Å². The third-order valence-electron chi connectivity index (χ3n) is 11.1. The van der Waals surface area contributed by atoms with Gasteiger partial charge < -0.3 is 29.5 Å². The summed E-state index contributed by atoms with van der Waals surface area (Å²) < 4.78 is 25.9. The Morgan fingerprint density at radius 2 is 1.83 bits per heavy atom.